The Morgan fingerprint density at radius 1 is 0.815 bits per heavy atom. The number of amides is 1. The molecule has 0 aliphatic rings. The minimum Gasteiger partial charge on any atom is -0.351 e. The normalized spacial score (nSPS) is 11.3. The van der Waals surface area contributed by atoms with E-state index in [1.54, 1.807) is 0 Å². The van der Waals surface area contributed by atoms with Crippen molar-refractivity contribution in [2.24, 2.45) is 0 Å². The molecule has 138 valence electrons. The number of hydrogen-bond acceptors (Lipinski definition) is 3. The van der Waals surface area contributed by atoms with Crippen LogP contribution in [0.2, 0.25) is 0 Å². The first-order valence-electron chi connectivity index (χ1n) is 8.63. The van der Waals surface area contributed by atoms with E-state index < -0.39 is 9.84 Å². The number of hydrogen-bond donors (Lipinski definition) is 1. The number of benzene rings is 3. The van der Waals surface area contributed by atoms with Crippen molar-refractivity contribution in [1.82, 2.24) is 5.32 Å². The summed E-state index contributed by atoms with van der Waals surface area (Å²) in [6.07, 6.45) is 1.15. The minimum absolute atomic E-state index is 0.0339. The molecular formula is C22H21NO3S. The highest BCUT2D eigenvalue weighted by atomic mass is 32.2. The Morgan fingerprint density at radius 3 is 1.74 bits per heavy atom. The molecule has 0 aliphatic carbocycles. The summed E-state index contributed by atoms with van der Waals surface area (Å²) in [6.45, 7) is 0.445. The fourth-order valence-electron chi connectivity index (χ4n) is 2.95. The maximum atomic E-state index is 12.5. The average Bonchev–Trinajstić information content (AvgIpc) is 2.69. The Balaban J connectivity index is 1.76. The fraction of sp³-hybridized carbons (Fsp3) is 0.136. The lowest BCUT2D eigenvalue weighted by Crippen LogP contribution is -2.29. The maximum absolute atomic E-state index is 12.5. The number of carbonyl (C=O) groups excluding carboxylic acids is 1. The zero-order chi connectivity index (χ0) is 19.3. The van der Waals surface area contributed by atoms with E-state index in [9.17, 15) is 13.2 Å². The third-order valence-corrected chi connectivity index (χ3v) is 5.54. The molecule has 3 rings (SSSR count). The van der Waals surface area contributed by atoms with Gasteiger partial charge in [-0.3, -0.25) is 4.79 Å². The number of carbonyl (C=O) groups is 1. The van der Waals surface area contributed by atoms with Crippen LogP contribution >= 0.6 is 0 Å². The van der Waals surface area contributed by atoms with Gasteiger partial charge in [-0.05, 0) is 35.4 Å². The van der Waals surface area contributed by atoms with Gasteiger partial charge in [-0.25, -0.2) is 8.42 Å². The van der Waals surface area contributed by atoms with Crippen LogP contribution < -0.4 is 5.32 Å². The summed E-state index contributed by atoms with van der Waals surface area (Å²) in [5, 5.41) is 2.97. The molecule has 0 saturated heterocycles. The molecule has 0 bridgehead atoms. The summed E-state index contributed by atoms with van der Waals surface area (Å²) in [4.78, 5) is 12.7. The van der Waals surface area contributed by atoms with Gasteiger partial charge >= 0.3 is 0 Å². The van der Waals surface area contributed by atoms with E-state index in [1.165, 1.54) is 24.3 Å². The standard InChI is InChI=1S/C22H21NO3S/c1-27(25,26)20-14-12-19(13-15-20)22(24)23-16-21(17-8-4-2-5-9-17)18-10-6-3-7-11-18/h2-15,21H,16H2,1H3,(H,23,24). The highest BCUT2D eigenvalue weighted by Crippen LogP contribution is 2.23. The van der Waals surface area contributed by atoms with E-state index in [4.69, 9.17) is 0 Å². The van der Waals surface area contributed by atoms with Gasteiger partial charge in [-0.2, -0.15) is 0 Å². The SMILES string of the molecule is CS(=O)(=O)c1ccc(C(=O)NCC(c2ccccc2)c2ccccc2)cc1. The first kappa shape index (κ1) is 18.9. The second-order valence-electron chi connectivity index (χ2n) is 6.38. The lowest BCUT2D eigenvalue weighted by Gasteiger charge is -2.19. The minimum atomic E-state index is -3.27. The molecule has 0 aromatic heterocycles. The molecule has 0 radical (unpaired) electrons. The van der Waals surface area contributed by atoms with Gasteiger partial charge < -0.3 is 5.32 Å². The predicted octanol–water partition coefficient (Wildman–Crippen LogP) is 3.65. The van der Waals surface area contributed by atoms with Gasteiger partial charge in [0.15, 0.2) is 9.84 Å². The fourth-order valence-corrected chi connectivity index (χ4v) is 3.58. The van der Waals surface area contributed by atoms with E-state index >= 15 is 0 Å². The quantitative estimate of drug-likeness (QED) is 0.711. The summed E-state index contributed by atoms with van der Waals surface area (Å²) in [6, 6.07) is 26.0. The highest BCUT2D eigenvalue weighted by Gasteiger charge is 2.16. The molecule has 5 heteroatoms. The van der Waals surface area contributed by atoms with E-state index in [1.807, 2.05) is 60.7 Å². The molecule has 27 heavy (non-hydrogen) atoms. The monoisotopic (exact) mass is 379 g/mol. The Kier molecular flexibility index (Phi) is 5.72. The van der Waals surface area contributed by atoms with Crippen LogP contribution in [0.3, 0.4) is 0 Å². The molecule has 3 aromatic carbocycles. The molecule has 0 spiro atoms. The molecule has 1 amide bonds. The molecule has 0 saturated carbocycles. The third kappa shape index (κ3) is 4.83. The first-order valence-corrected chi connectivity index (χ1v) is 10.5. The number of sulfone groups is 1. The van der Waals surface area contributed by atoms with Crippen molar-refractivity contribution in [2.45, 2.75) is 10.8 Å². The number of rotatable bonds is 6. The first-order chi connectivity index (χ1) is 12.9. The highest BCUT2D eigenvalue weighted by molar-refractivity contribution is 7.90. The van der Waals surface area contributed by atoms with Crippen LogP contribution in [0.5, 0.6) is 0 Å². The van der Waals surface area contributed by atoms with Crippen LogP contribution in [0.1, 0.15) is 27.4 Å². The second kappa shape index (κ2) is 8.18. The van der Waals surface area contributed by atoms with Crippen LogP contribution in [0.15, 0.2) is 89.8 Å². The van der Waals surface area contributed by atoms with Crippen LogP contribution in [0.4, 0.5) is 0 Å². The van der Waals surface area contributed by atoms with Gasteiger partial charge in [0, 0.05) is 24.3 Å². The average molecular weight is 379 g/mol. The van der Waals surface area contributed by atoms with Gasteiger partial charge in [-0.15, -0.1) is 0 Å². The van der Waals surface area contributed by atoms with Crippen LogP contribution in [0.25, 0.3) is 0 Å². The van der Waals surface area contributed by atoms with Crippen molar-refractivity contribution in [3.8, 4) is 0 Å². The van der Waals surface area contributed by atoms with Crippen molar-refractivity contribution < 1.29 is 13.2 Å². The zero-order valence-corrected chi connectivity index (χ0v) is 15.8. The summed E-state index contributed by atoms with van der Waals surface area (Å²) in [7, 11) is -3.27. The smallest absolute Gasteiger partial charge is 0.251 e. The lowest BCUT2D eigenvalue weighted by molar-refractivity contribution is 0.0952. The number of nitrogens with one attached hydrogen (secondary N) is 1. The lowest BCUT2D eigenvalue weighted by atomic mass is 9.91. The van der Waals surface area contributed by atoms with E-state index in [0.717, 1.165) is 17.4 Å². The molecular weight excluding hydrogens is 358 g/mol. The summed E-state index contributed by atoms with van der Waals surface area (Å²) in [5.74, 6) is -0.196. The van der Waals surface area contributed by atoms with Gasteiger partial charge in [0.2, 0.25) is 0 Å². The van der Waals surface area contributed by atoms with Crippen LogP contribution in [-0.2, 0) is 9.84 Å². The summed E-state index contributed by atoms with van der Waals surface area (Å²) < 4.78 is 23.1. The van der Waals surface area contributed by atoms with E-state index in [0.29, 0.717) is 12.1 Å². The molecule has 0 fully saturated rings. The molecule has 0 atom stereocenters. The largest absolute Gasteiger partial charge is 0.351 e. The Hall–Kier alpha value is -2.92. The molecule has 0 aliphatic heterocycles. The second-order valence-corrected chi connectivity index (χ2v) is 8.40. The Morgan fingerprint density at radius 2 is 1.30 bits per heavy atom. The van der Waals surface area contributed by atoms with Crippen LogP contribution in [-0.4, -0.2) is 27.1 Å². The predicted molar refractivity (Wildman–Crippen MR) is 107 cm³/mol. The maximum Gasteiger partial charge on any atom is 0.251 e. The van der Waals surface area contributed by atoms with Crippen LogP contribution in [0, 0.1) is 0 Å². The van der Waals surface area contributed by atoms with E-state index in [2.05, 4.69) is 5.32 Å². The summed E-state index contributed by atoms with van der Waals surface area (Å²) >= 11 is 0. The molecule has 0 heterocycles. The third-order valence-electron chi connectivity index (χ3n) is 4.42. The van der Waals surface area contributed by atoms with Crippen molar-refractivity contribution >= 4 is 15.7 Å². The van der Waals surface area contributed by atoms with E-state index in [-0.39, 0.29) is 16.7 Å². The Labute approximate surface area is 159 Å². The topological polar surface area (TPSA) is 63.2 Å². The molecule has 0 unspecified atom stereocenters. The van der Waals surface area contributed by atoms with Gasteiger partial charge in [-0.1, -0.05) is 60.7 Å². The van der Waals surface area contributed by atoms with Crippen molar-refractivity contribution in [2.75, 3.05) is 12.8 Å². The van der Waals surface area contributed by atoms with Gasteiger partial charge in [0.05, 0.1) is 4.90 Å². The van der Waals surface area contributed by atoms with Gasteiger partial charge in [0.1, 0.15) is 0 Å². The zero-order valence-electron chi connectivity index (χ0n) is 15.0. The summed E-state index contributed by atoms with van der Waals surface area (Å²) in [5.41, 5.74) is 2.68. The molecule has 3 aromatic rings. The Bertz CT molecular complexity index is 959. The van der Waals surface area contributed by atoms with Crippen molar-refractivity contribution in [3.63, 3.8) is 0 Å². The van der Waals surface area contributed by atoms with Crippen molar-refractivity contribution in [1.29, 1.82) is 0 Å². The molecule has 1 N–H and O–H groups in total. The van der Waals surface area contributed by atoms with Crippen molar-refractivity contribution in [3.05, 3.63) is 102 Å². The van der Waals surface area contributed by atoms with Gasteiger partial charge in [0.25, 0.3) is 5.91 Å². The molecule has 4 nitrogen and oxygen atoms in total.